The third kappa shape index (κ3) is 5.95. The zero-order valence-electron chi connectivity index (χ0n) is 19.6. The summed E-state index contributed by atoms with van der Waals surface area (Å²) in [6, 6.07) is 16.9. The molecule has 1 aromatic heterocycles. The fourth-order valence-electron chi connectivity index (χ4n) is 4.47. The molecule has 0 aliphatic carbocycles. The second kappa shape index (κ2) is 11.3. The average molecular weight is 451 g/mol. The molecule has 176 valence electrons. The van der Waals surface area contributed by atoms with Crippen LogP contribution in [0.5, 0.6) is 5.75 Å². The van der Waals surface area contributed by atoms with Gasteiger partial charge in [0.2, 0.25) is 5.76 Å². The molecule has 0 radical (unpaired) electrons. The van der Waals surface area contributed by atoms with Gasteiger partial charge in [-0.05, 0) is 70.4 Å². The number of aryl methyl sites for hydroxylation is 1. The molecular formula is C27H34N2O4. The second-order valence-electron chi connectivity index (χ2n) is 8.60. The van der Waals surface area contributed by atoms with E-state index in [-0.39, 0.29) is 5.76 Å². The van der Waals surface area contributed by atoms with Crippen LogP contribution >= 0.6 is 0 Å². The van der Waals surface area contributed by atoms with Gasteiger partial charge in [-0.1, -0.05) is 36.4 Å². The summed E-state index contributed by atoms with van der Waals surface area (Å²) in [6.45, 7) is 8.82. The Bertz CT molecular complexity index is 1040. The van der Waals surface area contributed by atoms with Crippen LogP contribution in [0.2, 0.25) is 0 Å². The summed E-state index contributed by atoms with van der Waals surface area (Å²) in [5, 5.41) is 4.53. The molecule has 6 heteroatoms. The minimum Gasteiger partial charge on any atom is -0.493 e. The smallest absolute Gasteiger partial charge is 0.374 e. The number of likely N-dealkylation sites (tertiary alicyclic amines) is 1. The van der Waals surface area contributed by atoms with Crippen LogP contribution in [0.15, 0.2) is 52.9 Å². The van der Waals surface area contributed by atoms with E-state index in [1.54, 1.807) is 6.92 Å². The van der Waals surface area contributed by atoms with Gasteiger partial charge in [0.1, 0.15) is 11.3 Å². The Hall–Kier alpha value is -2.83. The zero-order chi connectivity index (χ0) is 23.0. The molecule has 1 fully saturated rings. The molecule has 0 amide bonds. The number of ether oxygens (including phenoxy) is 2. The van der Waals surface area contributed by atoms with E-state index < -0.39 is 5.97 Å². The highest BCUT2D eigenvalue weighted by atomic mass is 16.5. The molecule has 1 N–H and O–H groups in total. The molecule has 1 aliphatic rings. The van der Waals surface area contributed by atoms with Crippen molar-refractivity contribution in [1.82, 2.24) is 10.2 Å². The van der Waals surface area contributed by atoms with Crippen molar-refractivity contribution in [1.29, 1.82) is 0 Å². The zero-order valence-corrected chi connectivity index (χ0v) is 19.6. The number of furan rings is 1. The molecule has 6 nitrogen and oxygen atoms in total. The van der Waals surface area contributed by atoms with Crippen molar-refractivity contribution < 1.29 is 18.7 Å². The third-order valence-corrected chi connectivity index (χ3v) is 6.22. The van der Waals surface area contributed by atoms with Crippen LogP contribution in [0.1, 0.15) is 47.9 Å². The monoisotopic (exact) mass is 450 g/mol. The Kier molecular flexibility index (Phi) is 8.02. The molecule has 1 saturated heterocycles. The summed E-state index contributed by atoms with van der Waals surface area (Å²) in [5.41, 5.74) is 2.80. The number of esters is 1. The number of nitrogens with one attached hydrogen (secondary N) is 1. The van der Waals surface area contributed by atoms with Crippen LogP contribution in [-0.4, -0.2) is 49.8 Å². The predicted molar refractivity (Wildman–Crippen MR) is 130 cm³/mol. The Balaban J connectivity index is 1.20. The summed E-state index contributed by atoms with van der Waals surface area (Å²) in [5.74, 6) is 0.567. The van der Waals surface area contributed by atoms with E-state index in [1.807, 2.05) is 25.1 Å². The lowest BCUT2D eigenvalue weighted by molar-refractivity contribution is 0.0491. The molecule has 1 aliphatic heterocycles. The minimum absolute atomic E-state index is 0.253. The van der Waals surface area contributed by atoms with Crippen molar-refractivity contribution in [2.45, 2.75) is 45.7 Å². The van der Waals surface area contributed by atoms with Crippen molar-refractivity contribution >= 4 is 16.9 Å². The van der Waals surface area contributed by atoms with Gasteiger partial charge < -0.3 is 19.2 Å². The van der Waals surface area contributed by atoms with Gasteiger partial charge in [-0.2, -0.15) is 0 Å². The first-order chi connectivity index (χ1) is 16.2. The summed E-state index contributed by atoms with van der Waals surface area (Å²) in [4.78, 5) is 14.7. The highest BCUT2D eigenvalue weighted by Crippen LogP contribution is 2.33. The van der Waals surface area contributed by atoms with Crippen molar-refractivity contribution in [2.75, 3.05) is 32.8 Å². The largest absolute Gasteiger partial charge is 0.493 e. The van der Waals surface area contributed by atoms with Crippen LogP contribution in [0.25, 0.3) is 11.0 Å². The fraction of sp³-hybridized carbons (Fsp3) is 0.444. The highest BCUT2D eigenvalue weighted by Gasteiger charge is 2.21. The van der Waals surface area contributed by atoms with E-state index in [0.29, 0.717) is 24.8 Å². The lowest BCUT2D eigenvalue weighted by atomic mass is 10.0. The fourth-order valence-corrected chi connectivity index (χ4v) is 4.47. The first-order valence-corrected chi connectivity index (χ1v) is 12.0. The number of rotatable bonds is 10. The SMILES string of the molecule is CCOC(=O)c1oc2cccc(OCCCNC3CCN(Cc4ccccc4)CC3)c2c1C. The Labute approximate surface area is 195 Å². The van der Waals surface area contributed by atoms with Gasteiger partial charge in [-0.3, -0.25) is 4.90 Å². The maximum absolute atomic E-state index is 12.1. The molecule has 2 aromatic carbocycles. The summed E-state index contributed by atoms with van der Waals surface area (Å²) >= 11 is 0. The van der Waals surface area contributed by atoms with E-state index >= 15 is 0 Å². The maximum atomic E-state index is 12.1. The van der Waals surface area contributed by atoms with Gasteiger partial charge in [0.15, 0.2) is 0 Å². The van der Waals surface area contributed by atoms with Gasteiger partial charge in [0.05, 0.1) is 18.6 Å². The van der Waals surface area contributed by atoms with Crippen molar-refractivity contribution in [2.24, 2.45) is 0 Å². The lowest BCUT2D eigenvalue weighted by Gasteiger charge is -2.32. The first-order valence-electron chi connectivity index (χ1n) is 12.0. The van der Waals surface area contributed by atoms with Crippen molar-refractivity contribution in [3.63, 3.8) is 0 Å². The van der Waals surface area contributed by atoms with E-state index in [9.17, 15) is 4.79 Å². The number of hydrogen-bond acceptors (Lipinski definition) is 6. The van der Waals surface area contributed by atoms with E-state index in [2.05, 4.69) is 40.5 Å². The molecule has 3 aromatic rings. The number of nitrogens with zero attached hydrogens (tertiary/aromatic N) is 1. The molecule has 0 spiro atoms. The maximum Gasteiger partial charge on any atom is 0.374 e. The second-order valence-corrected chi connectivity index (χ2v) is 8.60. The van der Waals surface area contributed by atoms with Crippen LogP contribution in [0.4, 0.5) is 0 Å². The number of hydrogen-bond donors (Lipinski definition) is 1. The number of benzene rings is 2. The molecule has 0 bridgehead atoms. The van der Waals surface area contributed by atoms with Gasteiger partial charge in [-0.25, -0.2) is 4.79 Å². The minimum atomic E-state index is -0.434. The average Bonchev–Trinajstić information content (AvgIpc) is 3.18. The van der Waals surface area contributed by atoms with Gasteiger partial charge in [0.25, 0.3) is 0 Å². The van der Waals surface area contributed by atoms with Gasteiger partial charge >= 0.3 is 5.97 Å². The quantitative estimate of drug-likeness (QED) is 0.349. The molecular weight excluding hydrogens is 416 g/mol. The highest BCUT2D eigenvalue weighted by molar-refractivity contribution is 5.98. The van der Waals surface area contributed by atoms with E-state index in [4.69, 9.17) is 13.9 Å². The number of carbonyl (C=O) groups excluding carboxylic acids is 1. The molecule has 0 unspecified atom stereocenters. The predicted octanol–water partition coefficient (Wildman–Crippen LogP) is 4.94. The number of carbonyl (C=O) groups is 1. The molecule has 33 heavy (non-hydrogen) atoms. The summed E-state index contributed by atoms with van der Waals surface area (Å²) in [7, 11) is 0. The van der Waals surface area contributed by atoms with Crippen LogP contribution < -0.4 is 10.1 Å². The summed E-state index contributed by atoms with van der Waals surface area (Å²) in [6.07, 6.45) is 3.28. The Morgan fingerprint density at radius 2 is 1.91 bits per heavy atom. The lowest BCUT2D eigenvalue weighted by Crippen LogP contribution is -2.42. The normalized spacial score (nSPS) is 15.1. The topological polar surface area (TPSA) is 63.9 Å². The van der Waals surface area contributed by atoms with E-state index in [1.165, 1.54) is 18.4 Å². The molecule has 0 atom stereocenters. The molecule has 0 saturated carbocycles. The van der Waals surface area contributed by atoms with Crippen LogP contribution in [0, 0.1) is 6.92 Å². The summed E-state index contributed by atoms with van der Waals surface area (Å²) < 4.78 is 16.9. The first kappa shape index (κ1) is 23.3. The Morgan fingerprint density at radius 3 is 2.67 bits per heavy atom. The van der Waals surface area contributed by atoms with Crippen molar-refractivity contribution in [3.05, 3.63) is 65.4 Å². The molecule has 4 rings (SSSR count). The van der Waals surface area contributed by atoms with Gasteiger partial charge in [-0.15, -0.1) is 0 Å². The van der Waals surface area contributed by atoms with Crippen LogP contribution in [0.3, 0.4) is 0 Å². The van der Waals surface area contributed by atoms with Gasteiger partial charge in [0, 0.05) is 18.2 Å². The molecule has 2 heterocycles. The number of piperidine rings is 1. The third-order valence-electron chi connectivity index (χ3n) is 6.22. The number of fused-ring (bicyclic) bond motifs is 1. The van der Waals surface area contributed by atoms with Crippen LogP contribution in [-0.2, 0) is 11.3 Å². The van der Waals surface area contributed by atoms with E-state index in [0.717, 1.165) is 49.3 Å². The Morgan fingerprint density at radius 1 is 1.12 bits per heavy atom. The van der Waals surface area contributed by atoms with Crippen molar-refractivity contribution in [3.8, 4) is 5.75 Å². The standard InChI is InChI=1S/C27H34N2O4/c1-3-31-27(30)26-20(2)25-23(11-7-12-24(25)33-26)32-18-8-15-28-22-13-16-29(17-14-22)19-21-9-5-4-6-10-21/h4-7,9-12,22,28H,3,8,13-19H2,1-2H3.